The molecule has 115 valence electrons. The molecular formula is C17H19O4Si. The third-order valence-electron chi connectivity index (χ3n) is 3.77. The number of rotatable bonds is 4. The van der Waals surface area contributed by atoms with E-state index in [1.807, 2.05) is 55.5 Å². The Morgan fingerprint density at radius 3 is 2.45 bits per heavy atom. The highest BCUT2D eigenvalue weighted by Crippen LogP contribution is 2.36. The molecule has 4 nitrogen and oxygen atoms in total. The number of fused-ring (bicyclic) bond motifs is 1. The van der Waals surface area contributed by atoms with Gasteiger partial charge in [0.05, 0.1) is 6.61 Å². The van der Waals surface area contributed by atoms with E-state index >= 15 is 0 Å². The van der Waals surface area contributed by atoms with Gasteiger partial charge >= 0.3 is 9.28 Å². The fourth-order valence-corrected chi connectivity index (χ4v) is 3.73. The van der Waals surface area contributed by atoms with Crippen LogP contribution in [-0.4, -0.2) is 23.5 Å². The van der Waals surface area contributed by atoms with Crippen molar-refractivity contribution in [3.05, 3.63) is 59.7 Å². The molecule has 1 aliphatic rings. The summed E-state index contributed by atoms with van der Waals surface area (Å²) in [5.74, 6) is 0.0846. The van der Waals surface area contributed by atoms with Crippen LogP contribution < -0.4 is 9.92 Å². The van der Waals surface area contributed by atoms with Crippen molar-refractivity contribution in [2.24, 2.45) is 0 Å². The largest absolute Gasteiger partial charge is 0.458 e. The van der Waals surface area contributed by atoms with Gasteiger partial charge in [0.15, 0.2) is 0 Å². The van der Waals surface area contributed by atoms with Crippen LogP contribution in [0.1, 0.15) is 18.1 Å². The Morgan fingerprint density at radius 2 is 1.77 bits per heavy atom. The molecule has 0 aliphatic carbocycles. The third-order valence-corrected chi connectivity index (χ3v) is 5.30. The number of benzene rings is 2. The van der Waals surface area contributed by atoms with Crippen LogP contribution in [0.25, 0.3) is 0 Å². The Morgan fingerprint density at radius 1 is 1.05 bits per heavy atom. The molecule has 1 unspecified atom stereocenters. The summed E-state index contributed by atoms with van der Waals surface area (Å²) in [6.45, 7) is 2.44. The maximum Gasteiger partial charge on any atom is 0.423 e. The van der Waals surface area contributed by atoms with E-state index in [1.165, 1.54) is 0 Å². The first-order valence-electron chi connectivity index (χ1n) is 7.13. The van der Waals surface area contributed by atoms with E-state index in [9.17, 15) is 0 Å². The average Bonchev–Trinajstić information content (AvgIpc) is 2.57. The zero-order valence-electron chi connectivity index (χ0n) is 13.0. The third kappa shape index (κ3) is 2.80. The molecular weight excluding hydrogens is 296 g/mol. The Hall–Kier alpha value is -1.66. The topological polar surface area (TPSA) is 36.9 Å². The lowest BCUT2D eigenvalue weighted by Gasteiger charge is -2.36. The Kier molecular flexibility index (Phi) is 4.31. The summed E-state index contributed by atoms with van der Waals surface area (Å²) in [7, 11) is 1.90. The van der Waals surface area contributed by atoms with Gasteiger partial charge < -0.3 is 18.3 Å². The molecule has 1 heterocycles. The molecule has 0 fully saturated rings. The summed E-state index contributed by atoms with van der Waals surface area (Å²) < 4.78 is 22.9. The molecule has 0 spiro atoms. The summed E-state index contributed by atoms with van der Waals surface area (Å²) >= 11 is 0. The summed E-state index contributed by atoms with van der Waals surface area (Å²) in [4.78, 5) is 0. The minimum Gasteiger partial charge on any atom is -0.458 e. The van der Waals surface area contributed by atoms with Crippen LogP contribution in [-0.2, 0) is 26.0 Å². The van der Waals surface area contributed by atoms with Crippen LogP contribution in [0.2, 0.25) is 0 Å². The van der Waals surface area contributed by atoms with Crippen molar-refractivity contribution < 1.29 is 18.3 Å². The van der Waals surface area contributed by atoms with Crippen molar-refractivity contribution >= 4 is 14.5 Å². The maximum atomic E-state index is 6.11. The van der Waals surface area contributed by atoms with Gasteiger partial charge in [-0.2, -0.15) is 0 Å². The molecule has 0 saturated heterocycles. The first-order valence-corrected chi connectivity index (χ1v) is 8.44. The highest BCUT2D eigenvalue weighted by atomic mass is 28.3. The Labute approximate surface area is 132 Å². The van der Waals surface area contributed by atoms with E-state index in [1.54, 1.807) is 14.2 Å². The summed E-state index contributed by atoms with van der Waals surface area (Å²) in [6.07, 6.45) is 0. The van der Waals surface area contributed by atoms with E-state index in [0.29, 0.717) is 6.61 Å². The lowest BCUT2D eigenvalue weighted by molar-refractivity contribution is -0.201. The first kappa shape index (κ1) is 15.2. The predicted octanol–water partition coefficient (Wildman–Crippen LogP) is 2.46. The van der Waals surface area contributed by atoms with Crippen LogP contribution in [0.5, 0.6) is 5.75 Å². The molecule has 5 heteroatoms. The maximum absolute atomic E-state index is 6.11. The molecule has 0 aromatic heterocycles. The van der Waals surface area contributed by atoms with Gasteiger partial charge in [-0.15, -0.1) is 0 Å². The van der Waals surface area contributed by atoms with Gasteiger partial charge in [0.25, 0.3) is 0 Å². The SMILES string of the molecule is CO[Si](OC)c1ccc2c(c1)COC(C)(c1ccccc1)O2. The molecule has 1 aliphatic heterocycles. The van der Waals surface area contributed by atoms with Gasteiger partial charge in [0, 0.05) is 32.3 Å². The van der Waals surface area contributed by atoms with Crippen molar-refractivity contribution in [1.82, 2.24) is 0 Å². The minimum atomic E-state index is -1.42. The first-order chi connectivity index (χ1) is 10.7. The zero-order valence-corrected chi connectivity index (χ0v) is 14.0. The molecule has 1 atom stereocenters. The van der Waals surface area contributed by atoms with Gasteiger partial charge in [-0.05, 0) is 17.3 Å². The molecule has 0 bridgehead atoms. The number of hydrogen-bond donors (Lipinski definition) is 0. The van der Waals surface area contributed by atoms with Crippen molar-refractivity contribution in [3.8, 4) is 5.75 Å². The zero-order chi connectivity index (χ0) is 15.6. The normalized spacial score (nSPS) is 20.5. The second-order valence-corrected chi connectivity index (χ2v) is 7.19. The quantitative estimate of drug-likeness (QED) is 0.812. The molecule has 3 rings (SSSR count). The highest BCUT2D eigenvalue weighted by Gasteiger charge is 2.35. The molecule has 0 amide bonds. The predicted molar refractivity (Wildman–Crippen MR) is 85.1 cm³/mol. The molecule has 0 N–H and O–H groups in total. The molecule has 0 saturated carbocycles. The number of hydrogen-bond acceptors (Lipinski definition) is 4. The van der Waals surface area contributed by atoms with Crippen LogP contribution in [0.3, 0.4) is 0 Å². The van der Waals surface area contributed by atoms with Gasteiger partial charge in [-0.1, -0.05) is 36.4 Å². The fourth-order valence-electron chi connectivity index (χ4n) is 2.58. The molecule has 22 heavy (non-hydrogen) atoms. The van der Waals surface area contributed by atoms with Crippen LogP contribution in [0, 0.1) is 0 Å². The molecule has 2 aromatic carbocycles. The molecule has 1 radical (unpaired) electrons. The van der Waals surface area contributed by atoms with Gasteiger partial charge in [0.2, 0.25) is 5.79 Å². The lowest BCUT2D eigenvalue weighted by atomic mass is 10.1. The van der Waals surface area contributed by atoms with E-state index < -0.39 is 15.1 Å². The fraction of sp³-hybridized carbons (Fsp3) is 0.294. The average molecular weight is 315 g/mol. The minimum absolute atomic E-state index is 0.497. The standard InChI is InChI=1S/C17H19O4Si/c1-17(14-7-5-4-6-8-14)20-12-13-11-15(22(18-2)19-3)9-10-16(13)21-17/h4-11H,12H2,1-3H3. The van der Waals surface area contributed by atoms with E-state index in [-0.39, 0.29) is 0 Å². The monoisotopic (exact) mass is 315 g/mol. The second kappa shape index (κ2) is 6.22. The van der Waals surface area contributed by atoms with Gasteiger partial charge in [-0.3, -0.25) is 0 Å². The van der Waals surface area contributed by atoms with Crippen molar-refractivity contribution in [2.45, 2.75) is 19.3 Å². The summed E-state index contributed by atoms with van der Waals surface area (Å²) in [6, 6.07) is 16.0. The number of ether oxygens (including phenoxy) is 2. The summed E-state index contributed by atoms with van der Waals surface area (Å²) in [5, 5.41) is 1.05. The van der Waals surface area contributed by atoms with Crippen LogP contribution in [0.4, 0.5) is 0 Å². The van der Waals surface area contributed by atoms with E-state index in [4.69, 9.17) is 18.3 Å². The van der Waals surface area contributed by atoms with Gasteiger partial charge in [-0.25, -0.2) is 0 Å². The Balaban J connectivity index is 1.88. The molecule has 2 aromatic rings. The van der Waals surface area contributed by atoms with Crippen LogP contribution >= 0.6 is 0 Å². The Bertz CT molecular complexity index is 642. The van der Waals surface area contributed by atoms with E-state index in [2.05, 4.69) is 0 Å². The van der Waals surface area contributed by atoms with Crippen molar-refractivity contribution in [2.75, 3.05) is 14.2 Å². The second-order valence-electron chi connectivity index (χ2n) is 5.22. The van der Waals surface area contributed by atoms with Gasteiger partial charge in [0.1, 0.15) is 5.75 Å². The smallest absolute Gasteiger partial charge is 0.423 e. The lowest BCUT2D eigenvalue weighted by Crippen LogP contribution is -2.38. The van der Waals surface area contributed by atoms with Crippen LogP contribution in [0.15, 0.2) is 48.5 Å². The summed E-state index contributed by atoms with van der Waals surface area (Å²) in [5.41, 5.74) is 2.02. The van der Waals surface area contributed by atoms with Crippen molar-refractivity contribution in [1.29, 1.82) is 0 Å². The van der Waals surface area contributed by atoms with Crippen molar-refractivity contribution in [3.63, 3.8) is 0 Å². The van der Waals surface area contributed by atoms with E-state index in [0.717, 1.165) is 22.1 Å². The highest BCUT2D eigenvalue weighted by molar-refractivity contribution is 6.61.